The zero-order valence-corrected chi connectivity index (χ0v) is 9.79. The zero-order valence-electron chi connectivity index (χ0n) is 9.03. The Hall–Kier alpha value is -1.27. The average Bonchev–Trinajstić information content (AvgIpc) is 2.20. The molecular formula is C9H15ClN2O4. The van der Waals surface area contributed by atoms with E-state index in [9.17, 15) is 9.59 Å². The topological polar surface area (TPSA) is 78.9 Å². The van der Waals surface area contributed by atoms with E-state index in [1.54, 1.807) is 0 Å². The fourth-order valence-electron chi connectivity index (χ4n) is 0.900. The summed E-state index contributed by atoms with van der Waals surface area (Å²) in [6.45, 7) is 3.58. The van der Waals surface area contributed by atoms with E-state index >= 15 is 0 Å². The minimum atomic E-state index is -1.09. The van der Waals surface area contributed by atoms with Crippen molar-refractivity contribution in [2.45, 2.75) is 0 Å². The van der Waals surface area contributed by atoms with Crippen molar-refractivity contribution in [2.24, 2.45) is 0 Å². The standard InChI is InChI=1S/C9H15ClN2O4/c1-7(10)5-11-9(15)12(3-4-16-2)6-8(13)14/h1,3-6H2,2H3,(H,11,15)(H,13,14). The molecular weight excluding hydrogens is 236 g/mol. The first-order valence-corrected chi connectivity index (χ1v) is 4.92. The Bertz CT molecular complexity index is 270. The second-order valence-corrected chi connectivity index (χ2v) is 3.52. The fraction of sp³-hybridized carbons (Fsp3) is 0.556. The van der Waals surface area contributed by atoms with Gasteiger partial charge in [0.15, 0.2) is 0 Å². The number of nitrogens with one attached hydrogen (secondary N) is 1. The normalized spacial score (nSPS) is 9.62. The summed E-state index contributed by atoms with van der Waals surface area (Å²) < 4.78 is 4.77. The van der Waals surface area contributed by atoms with Gasteiger partial charge in [-0.1, -0.05) is 18.2 Å². The Kier molecular flexibility index (Phi) is 7.32. The van der Waals surface area contributed by atoms with Crippen molar-refractivity contribution in [3.05, 3.63) is 11.6 Å². The van der Waals surface area contributed by atoms with E-state index in [1.807, 2.05) is 0 Å². The molecule has 6 nitrogen and oxygen atoms in total. The first-order chi connectivity index (χ1) is 7.47. The molecule has 0 aromatic carbocycles. The Balaban J connectivity index is 4.19. The fourth-order valence-corrected chi connectivity index (χ4v) is 0.967. The molecule has 0 rings (SSSR count). The van der Waals surface area contributed by atoms with Crippen LogP contribution in [-0.4, -0.2) is 55.4 Å². The third-order valence-corrected chi connectivity index (χ3v) is 1.74. The minimum absolute atomic E-state index is 0.101. The van der Waals surface area contributed by atoms with Gasteiger partial charge in [-0.05, 0) is 0 Å². The summed E-state index contributed by atoms with van der Waals surface area (Å²) in [5, 5.41) is 11.3. The van der Waals surface area contributed by atoms with Gasteiger partial charge in [-0.3, -0.25) is 4.79 Å². The van der Waals surface area contributed by atoms with Gasteiger partial charge in [-0.15, -0.1) is 0 Å². The van der Waals surface area contributed by atoms with E-state index in [1.165, 1.54) is 7.11 Å². The number of nitrogens with zero attached hydrogens (tertiary/aromatic N) is 1. The Labute approximate surface area is 98.8 Å². The lowest BCUT2D eigenvalue weighted by Crippen LogP contribution is -2.44. The second-order valence-electron chi connectivity index (χ2n) is 2.98. The number of amides is 2. The van der Waals surface area contributed by atoms with E-state index in [0.717, 1.165) is 4.90 Å². The first-order valence-electron chi connectivity index (χ1n) is 4.54. The molecule has 0 aromatic heterocycles. The maximum atomic E-state index is 11.5. The molecule has 92 valence electrons. The number of hydrogen-bond donors (Lipinski definition) is 2. The first kappa shape index (κ1) is 14.7. The quantitative estimate of drug-likeness (QED) is 0.689. The predicted octanol–water partition coefficient (Wildman–Crippen LogP) is 0.481. The van der Waals surface area contributed by atoms with Crippen LogP contribution in [0.3, 0.4) is 0 Å². The molecule has 0 unspecified atom stereocenters. The van der Waals surface area contributed by atoms with Gasteiger partial charge in [0.25, 0.3) is 0 Å². The Morgan fingerprint density at radius 3 is 2.62 bits per heavy atom. The maximum Gasteiger partial charge on any atom is 0.323 e. The van der Waals surface area contributed by atoms with Crippen LogP contribution in [0.25, 0.3) is 0 Å². The molecule has 7 heteroatoms. The van der Waals surface area contributed by atoms with Crippen molar-refractivity contribution < 1.29 is 19.4 Å². The van der Waals surface area contributed by atoms with E-state index in [4.69, 9.17) is 21.4 Å². The summed E-state index contributed by atoms with van der Waals surface area (Å²) in [6.07, 6.45) is 0. The summed E-state index contributed by atoms with van der Waals surface area (Å²) in [5.41, 5.74) is 0. The summed E-state index contributed by atoms with van der Waals surface area (Å²) >= 11 is 5.47. The zero-order chi connectivity index (χ0) is 12.6. The van der Waals surface area contributed by atoms with Gasteiger partial charge in [0.1, 0.15) is 6.54 Å². The van der Waals surface area contributed by atoms with Gasteiger partial charge < -0.3 is 20.1 Å². The molecule has 0 bridgehead atoms. The summed E-state index contributed by atoms with van der Waals surface area (Å²) in [5.74, 6) is -1.09. The van der Waals surface area contributed by atoms with Crippen molar-refractivity contribution in [1.29, 1.82) is 0 Å². The monoisotopic (exact) mass is 250 g/mol. The highest BCUT2D eigenvalue weighted by atomic mass is 35.5. The maximum absolute atomic E-state index is 11.5. The molecule has 0 aliphatic heterocycles. The largest absolute Gasteiger partial charge is 0.480 e. The van der Waals surface area contributed by atoms with Gasteiger partial charge >= 0.3 is 12.0 Å². The van der Waals surface area contributed by atoms with Crippen molar-refractivity contribution in [1.82, 2.24) is 10.2 Å². The SMILES string of the molecule is C=C(Cl)CNC(=O)N(CCOC)CC(=O)O. The van der Waals surface area contributed by atoms with Crippen LogP contribution in [0.4, 0.5) is 4.79 Å². The lowest BCUT2D eigenvalue weighted by molar-refractivity contribution is -0.137. The number of carbonyl (C=O) groups excluding carboxylic acids is 1. The van der Waals surface area contributed by atoms with Crippen molar-refractivity contribution >= 4 is 23.6 Å². The van der Waals surface area contributed by atoms with Gasteiger partial charge in [0, 0.05) is 18.7 Å². The highest BCUT2D eigenvalue weighted by molar-refractivity contribution is 6.29. The van der Waals surface area contributed by atoms with Crippen LogP contribution in [0.1, 0.15) is 0 Å². The van der Waals surface area contributed by atoms with Crippen LogP contribution in [-0.2, 0) is 9.53 Å². The number of carboxylic acid groups (broad SMARTS) is 1. The van der Waals surface area contributed by atoms with E-state index < -0.39 is 12.0 Å². The van der Waals surface area contributed by atoms with E-state index in [-0.39, 0.29) is 31.3 Å². The molecule has 0 aliphatic rings. The summed E-state index contributed by atoms with van der Waals surface area (Å²) in [7, 11) is 1.47. The van der Waals surface area contributed by atoms with Crippen LogP contribution in [0.15, 0.2) is 11.6 Å². The molecule has 0 radical (unpaired) electrons. The van der Waals surface area contributed by atoms with Crippen molar-refractivity contribution in [3.63, 3.8) is 0 Å². The lowest BCUT2D eigenvalue weighted by Gasteiger charge is -2.20. The van der Waals surface area contributed by atoms with E-state index in [2.05, 4.69) is 11.9 Å². The highest BCUT2D eigenvalue weighted by Crippen LogP contribution is 1.95. The Morgan fingerprint density at radius 1 is 1.56 bits per heavy atom. The van der Waals surface area contributed by atoms with Crippen LogP contribution in [0, 0.1) is 0 Å². The molecule has 2 N–H and O–H groups in total. The third-order valence-electron chi connectivity index (χ3n) is 1.61. The molecule has 0 atom stereocenters. The number of carbonyl (C=O) groups is 2. The van der Waals surface area contributed by atoms with Crippen molar-refractivity contribution in [2.75, 3.05) is 33.4 Å². The van der Waals surface area contributed by atoms with Crippen molar-refractivity contribution in [3.8, 4) is 0 Å². The average molecular weight is 251 g/mol. The highest BCUT2D eigenvalue weighted by Gasteiger charge is 2.15. The number of halogens is 1. The lowest BCUT2D eigenvalue weighted by atomic mass is 10.5. The molecule has 0 saturated heterocycles. The van der Waals surface area contributed by atoms with Gasteiger partial charge in [-0.2, -0.15) is 0 Å². The predicted molar refractivity (Wildman–Crippen MR) is 59.5 cm³/mol. The molecule has 0 saturated carbocycles. The van der Waals surface area contributed by atoms with Gasteiger partial charge in [0.05, 0.1) is 13.2 Å². The number of hydrogen-bond acceptors (Lipinski definition) is 3. The smallest absolute Gasteiger partial charge is 0.323 e. The Morgan fingerprint density at radius 2 is 2.19 bits per heavy atom. The molecule has 0 aliphatic carbocycles. The molecule has 0 fully saturated rings. The van der Waals surface area contributed by atoms with Gasteiger partial charge in [-0.25, -0.2) is 4.79 Å². The number of aliphatic carboxylic acids is 1. The van der Waals surface area contributed by atoms with Crippen LogP contribution in [0.2, 0.25) is 0 Å². The number of urea groups is 1. The van der Waals surface area contributed by atoms with Gasteiger partial charge in [0.2, 0.25) is 0 Å². The van der Waals surface area contributed by atoms with E-state index in [0.29, 0.717) is 0 Å². The third kappa shape index (κ3) is 7.08. The number of ether oxygens (including phenoxy) is 1. The molecule has 0 spiro atoms. The number of carboxylic acids is 1. The minimum Gasteiger partial charge on any atom is -0.480 e. The number of methoxy groups -OCH3 is 1. The summed E-state index contributed by atoms with van der Waals surface area (Å²) in [6, 6.07) is -0.513. The van der Waals surface area contributed by atoms with Crippen LogP contribution in [0.5, 0.6) is 0 Å². The van der Waals surface area contributed by atoms with Crippen LogP contribution >= 0.6 is 11.6 Å². The molecule has 16 heavy (non-hydrogen) atoms. The second kappa shape index (κ2) is 7.95. The summed E-state index contributed by atoms with van der Waals surface area (Å²) in [4.78, 5) is 23.1. The molecule has 0 aromatic rings. The van der Waals surface area contributed by atoms with Crippen LogP contribution < -0.4 is 5.32 Å². The molecule has 0 heterocycles. The number of rotatable bonds is 7. The molecule has 2 amide bonds.